The molecule has 2 aliphatic rings. The van der Waals surface area contributed by atoms with Crippen molar-refractivity contribution in [3.8, 4) is 11.5 Å². The molecular formula is C19H18F2N2O4. The van der Waals surface area contributed by atoms with Gasteiger partial charge in [0.05, 0.1) is 6.10 Å². The van der Waals surface area contributed by atoms with Gasteiger partial charge in [0.25, 0.3) is 0 Å². The van der Waals surface area contributed by atoms with E-state index in [9.17, 15) is 18.7 Å². The molecule has 0 saturated heterocycles. The highest BCUT2D eigenvalue weighted by atomic mass is 19.3. The van der Waals surface area contributed by atoms with Gasteiger partial charge >= 0.3 is 12.3 Å². The third-order valence-electron chi connectivity index (χ3n) is 4.63. The Balaban J connectivity index is 1.39. The van der Waals surface area contributed by atoms with E-state index in [1.165, 1.54) is 12.1 Å². The molecule has 1 atom stereocenters. The third kappa shape index (κ3) is 3.80. The molecule has 2 aromatic carbocycles. The Morgan fingerprint density at radius 3 is 2.89 bits per heavy atom. The molecule has 1 aliphatic carbocycles. The van der Waals surface area contributed by atoms with E-state index in [0.717, 1.165) is 17.5 Å². The van der Waals surface area contributed by atoms with Gasteiger partial charge in [-0.15, -0.1) is 8.78 Å². The molecule has 0 aromatic heterocycles. The van der Waals surface area contributed by atoms with Crippen LogP contribution in [0.3, 0.4) is 0 Å². The van der Waals surface area contributed by atoms with Gasteiger partial charge in [0.2, 0.25) is 0 Å². The monoisotopic (exact) mass is 376 g/mol. The number of rotatable bonds is 3. The molecule has 1 heterocycles. The lowest BCUT2D eigenvalue weighted by atomic mass is 9.88. The van der Waals surface area contributed by atoms with Crippen molar-refractivity contribution < 1.29 is 28.2 Å². The Hall–Kier alpha value is -2.87. The molecule has 0 spiro atoms. The number of carbonyl (C=O) groups excluding carboxylic acids is 1. The van der Waals surface area contributed by atoms with Crippen LogP contribution in [-0.4, -0.2) is 23.5 Å². The summed E-state index contributed by atoms with van der Waals surface area (Å²) in [5.74, 6) is -0.103. The molecule has 6 nitrogen and oxygen atoms in total. The molecule has 1 unspecified atom stereocenters. The summed E-state index contributed by atoms with van der Waals surface area (Å²) in [6.45, 7) is 0.131. The second-order valence-electron chi connectivity index (χ2n) is 6.60. The molecule has 27 heavy (non-hydrogen) atoms. The number of halogens is 2. The second-order valence-corrected chi connectivity index (χ2v) is 6.60. The molecule has 8 heteroatoms. The zero-order valence-corrected chi connectivity index (χ0v) is 14.3. The normalized spacial score (nSPS) is 19.3. The van der Waals surface area contributed by atoms with Gasteiger partial charge in [-0.2, -0.15) is 0 Å². The van der Waals surface area contributed by atoms with E-state index in [0.29, 0.717) is 24.1 Å². The van der Waals surface area contributed by atoms with Crippen LogP contribution in [0, 0.1) is 0 Å². The molecule has 1 aliphatic heterocycles. The van der Waals surface area contributed by atoms with Gasteiger partial charge in [-0.1, -0.05) is 18.2 Å². The Morgan fingerprint density at radius 2 is 2.04 bits per heavy atom. The highest BCUT2D eigenvalue weighted by Crippen LogP contribution is 2.41. The van der Waals surface area contributed by atoms with Crippen molar-refractivity contribution in [2.45, 2.75) is 38.2 Å². The van der Waals surface area contributed by atoms with Crippen molar-refractivity contribution in [3.05, 3.63) is 53.1 Å². The van der Waals surface area contributed by atoms with Crippen molar-refractivity contribution in [2.24, 2.45) is 0 Å². The number of carbonyl (C=O) groups is 1. The minimum atomic E-state index is -3.66. The first-order chi connectivity index (χ1) is 12.9. The van der Waals surface area contributed by atoms with Crippen molar-refractivity contribution in [2.75, 3.05) is 5.32 Å². The summed E-state index contributed by atoms with van der Waals surface area (Å²) in [5.41, 5.74) is 3.32. The summed E-state index contributed by atoms with van der Waals surface area (Å²) in [5, 5.41) is 15.3. The summed E-state index contributed by atoms with van der Waals surface area (Å²) in [6.07, 6.45) is -2.08. The van der Waals surface area contributed by atoms with Gasteiger partial charge in [-0.3, -0.25) is 0 Å². The fourth-order valence-electron chi connectivity index (χ4n) is 3.34. The SMILES string of the molecule is O=C(NCc1ccc2c(c1)OC(F)(F)O2)Nc1cccc2c1CC(O)CC2. The van der Waals surface area contributed by atoms with Gasteiger partial charge in [-0.25, -0.2) is 4.79 Å². The van der Waals surface area contributed by atoms with Crippen molar-refractivity contribution in [1.29, 1.82) is 0 Å². The fraction of sp³-hybridized carbons (Fsp3) is 0.316. The maximum Gasteiger partial charge on any atom is 0.586 e. The smallest absolute Gasteiger partial charge is 0.395 e. The van der Waals surface area contributed by atoms with Crippen LogP contribution < -0.4 is 20.1 Å². The van der Waals surface area contributed by atoms with Gasteiger partial charge in [0.15, 0.2) is 11.5 Å². The molecule has 142 valence electrons. The van der Waals surface area contributed by atoms with E-state index < -0.39 is 18.4 Å². The Bertz CT molecular complexity index is 888. The zero-order valence-electron chi connectivity index (χ0n) is 14.3. The number of fused-ring (bicyclic) bond motifs is 2. The summed E-state index contributed by atoms with van der Waals surface area (Å²) in [6, 6.07) is 9.57. The van der Waals surface area contributed by atoms with Crippen LogP contribution in [0.5, 0.6) is 11.5 Å². The number of ether oxygens (including phenoxy) is 2. The van der Waals surface area contributed by atoms with Crippen LogP contribution in [0.25, 0.3) is 0 Å². The first-order valence-electron chi connectivity index (χ1n) is 8.62. The highest BCUT2D eigenvalue weighted by Gasteiger charge is 2.43. The van der Waals surface area contributed by atoms with Crippen LogP contribution in [0.4, 0.5) is 19.3 Å². The molecule has 0 fully saturated rings. The molecule has 4 rings (SSSR count). The number of aryl methyl sites for hydroxylation is 1. The first kappa shape index (κ1) is 17.5. The Labute approximate surface area is 154 Å². The number of amides is 2. The van der Waals surface area contributed by atoms with E-state index >= 15 is 0 Å². The zero-order chi connectivity index (χ0) is 19.0. The van der Waals surface area contributed by atoms with Crippen molar-refractivity contribution in [3.63, 3.8) is 0 Å². The number of urea groups is 1. The maximum atomic E-state index is 13.0. The van der Waals surface area contributed by atoms with Gasteiger partial charge in [0, 0.05) is 18.7 Å². The molecule has 0 bridgehead atoms. The van der Waals surface area contributed by atoms with E-state index in [4.69, 9.17) is 0 Å². The number of nitrogens with one attached hydrogen (secondary N) is 2. The second kappa shape index (κ2) is 6.70. The van der Waals surface area contributed by atoms with E-state index in [-0.39, 0.29) is 18.0 Å². The maximum absolute atomic E-state index is 13.0. The minimum absolute atomic E-state index is 0.0392. The lowest BCUT2D eigenvalue weighted by Crippen LogP contribution is -2.29. The molecule has 0 saturated carbocycles. The Kier molecular flexibility index (Phi) is 4.35. The van der Waals surface area contributed by atoms with Crippen molar-refractivity contribution in [1.82, 2.24) is 5.32 Å². The van der Waals surface area contributed by atoms with Crippen molar-refractivity contribution >= 4 is 11.7 Å². The van der Waals surface area contributed by atoms with Crippen LogP contribution in [0.1, 0.15) is 23.1 Å². The number of alkyl halides is 2. The first-order valence-corrected chi connectivity index (χ1v) is 8.62. The van der Waals surface area contributed by atoms with Gasteiger partial charge in [0.1, 0.15) is 0 Å². The minimum Gasteiger partial charge on any atom is -0.395 e. The lowest BCUT2D eigenvalue weighted by Gasteiger charge is -2.23. The largest absolute Gasteiger partial charge is 0.586 e. The molecule has 2 aromatic rings. The van der Waals surface area contributed by atoms with Gasteiger partial charge < -0.3 is 25.2 Å². The predicted octanol–water partition coefficient (Wildman–Crippen LogP) is 3.18. The predicted molar refractivity (Wildman–Crippen MR) is 93.0 cm³/mol. The molecule has 0 radical (unpaired) electrons. The standard InChI is InChI=1S/C19H18F2N2O4/c20-19(21)26-16-7-4-11(8-17(16)27-19)10-22-18(25)23-15-3-1-2-12-5-6-13(24)9-14(12)15/h1-4,7-8,13,24H,5-6,9-10H2,(H2,22,23,25). The molecule has 2 amide bonds. The number of hydrogen-bond acceptors (Lipinski definition) is 4. The summed E-state index contributed by atoms with van der Waals surface area (Å²) in [7, 11) is 0. The Morgan fingerprint density at radius 1 is 1.22 bits per heavy atom. The number of benzene rings is 2. The lowest BCUT2D eigenvalue weighted by molar-refractivity contribution is -0.286. The van der Waals surface area contributed by atoms with Crippen LogP contribution >= 0.6 is 0 Å². The highest BCUT2D eigenvalue weighted by molar-refractivity contribution is 5.90. The quantitative estimate of drug-likeness (QED) is 0.769. The fourth-order valence-corrected chi connectivity index (χ4v) is 3.34. The summed E-state index contributed by atoms with van der Waals surface area (Å²) in [4.78, 5) is 12.2. The number of aliphatic hydroxyl groups excluding tert-OH is 1. The number of aliphatic hydroxyl groups is 1. The topological polar surface area (TPSA) is 79.8 Å². The van der Waals surface area contributed by atoms with E-state index in [2.05, 4.69) is 20.1 Å². The van der Waals surface area contributed by atoms with Gasteiger partial charge in [-0.05, 0) is 47.7 Å². The van der Waals surface area contributed by atoms with Crippen LogP contribution in [0.2, 0.25) is 0 Å². The molecular weight excluding hydrogens is 358 g/mol. The summed E-state index contributed by atoms with van der Waals surface area (Å²) < 4.78 is 34.8. The third-order valence-corrected chi connectivity index (χ3v) is 4.63. The summed E-state index contributed by atoms with van der Waals surface area (Å²) >= 11 is 0. The van der Waals surface area contributed by atoms with Crippen LogP contribution in [-0.2, 0) is 19.4 Å². The number of hydrogen-bond donors (Lipinski definition) is 3. The molecule has 3 N–H and O–H groups in total. The number of anilines is 1. The van der Waals surface area contributed by atoms with Crippen LogP contribution in [0.15, 0.2) is 36.4 Å². The van der Waals surface area contributed by atoms with E-state index in [1.807, 2.05) is 12.1 Å². The van der Waals surface area contributed by atoms with E-state index in [1.54, 1.807) is 12.1 Å². The average Bonchev–Trinajstić information content (AvgIpc) is 2.93. The average molecular weight is 376 g/mol.